The molecule has 0 atom stereocenters. The van der Waals surface area contributed by atoms with Gasteiger partial charge in [-0.1, -0.05) is 6.92 Å². The smallest absolute Gasteiger partial charge is 0.275 e. The van der Waals surface area contributed by atoms with E-state index in [4.69, 9.17) is 0 Å². The molecule has 5 nitrogen and oxygen atoms in total. The van der Waals surface area contributed by atoms with Crippen LogP contribution in [-0.4, -0.2) is 10.8 Å². The molecule has 1 N–H and O–H groups in total. The topological polar surface area (TPSA) is 72.2 Å². The molecule has 2 rings (SSSR count). The molecule has 6 heteroatoms. The first kappa shape index (κ1) is 10.5. The van der Waals surface area contributed by atoms with Crippen LogP contribution >= 0.6 is 0 Å². The number of amides is 1. The highest BCUT2D eigenvalue weighted by Gasteiger charge is 2.29. The first-order chi connectivity index (χ1) is 7.54. The molecule has 84 valence electrons. The van der Waals surface area contributed by atoms with Crippen LogP contribution in [0.1, 0.15) is 18.1 Å². The van der Waals surface area contributed by atoms with Gasteiger partial charge in [0.25, 0.3) is 5.69 Å². The molecule has 0 fully saturated rings. The summed E-state index contributed by atoms with van der Waals surface area (Å²) >= 11 is 0. The average Bonchev–Trinajstić information content (AvgIpc) is 2.58. The monoisotopic (exact) mass is 224 g/mol. The van der Waals surface area contributed by atoms with E-state index in [0.717, 1.165) is 0 Å². The third-order valence-corrected chi connectivity index (χ3v) is 2.59. The molecule has 1 heterocycles. The van der Waals surface area contributed by atoms with Gasteiger partial charge in [0.05, 0.1) is 22.6 Å². The van der Waals surface area contributed by atoms with Gasteiger partial charge in [-0.25, -0.2) is 4.39 Å². The van der Waals surface area contributed by atoms with Gasteiger partial charge in [0.2, 0.25) is 5.91 Å². The summed E-state index contributed by atoms with van der Waals surface area (Å²) in [5.74, 6) is -1.02. The molecule has 16 heavy (non-hydrogen) atoms. The minimum Gasteiger partial charge on any atom is -0.323 e. The van der Waals surface area contributed by atoms with Gasteiger partial charge in [-0.3, -0.25) is 14.9 Å². The highest BCUT2D eigenvalue weighted by atomic mass is 19.1. The van der Waals surface area contributed by atoms with Crippen molar-refractivity contribution in [1.29, 1.82) is 0 Å². The molecule has 1 aromatic carbocycles. The zero-order chi connectivity index (χ0) is 11.9. The van der Waals surface area contributed by atoms with Gasteiger partial charge in [-0.15, -0.1) is 0 Å². The Balaban J connectivity index is 2.67. The van der Waals surface area contributed by atoms with Crippen molar-refractivity contribution >= 4 is 17.3 Å². The maximum Gasteiger partial charge on any atom is 0.275 e. The summed E-state index contributed by atoms with van der Waals surface area (Å²) in [4.78, 5) is 21.2. The Hall–Kier alpha value is -1.98. The number of hydrogen-bond acceptors (Lipinski definition) is 3. The normalized spacial score (nSPS) is 13.5. The maximum absolute atomic E-state index is 13.8. The van der Waals surface area contributed by atoms with Crippen LogP contribution in [0.25, 0.3) is 0 Å². The van der Waals surface area contributed by atoms with Gasteiger partial charge in [-0.05, 0) is 12.0 Å². The van der Waals surface area contributed by atoms with E-state index in [2.05, 4.69) is 5.32 Å². The van der Waals surface area contributed by atoms with E-state index in [1.165, 1.54) is 6.07 Å². The molecule has 1 aliphatic heterocycles. The molecular weight excluding hydrogens is 215 g/mol. The number of carbonyl (C=O) groups is 1. The van der Waals surface area contributed by atoms with Crippen molar-refractivity contribution in [3.05, 3.63) is 33.1 Å². The molecule has 1 aliphatic rings. The third-order valence-electron chi connectivity index (χ3n) is 2.59. The minimum absolute atomic E-state index is 0.00289. The Kier molecular flexibility index (Phi) is 2.34. The van der Waals surface area contributed by atoms with Crippen LogP contribution in [0.3, 0.4) is 0 Å². The van der Waals surface area contributed by atoms with Crippen molar-refractivity contribution in [2.75, 3.05) is 5.32 Å². The first-order valence-corrected chi connectivity index (χ1v) is 4.83. The molecule has 0 unspecified atom stereocenters. The fraction of sp³-hybridized carbons (Fsp3) is 0.300. The number of fused-ring (bicyclic) bond motifs is 1. The van der Waals surface area contributed by atoms with Gasteiger partial charge in [0.15, 0.2) is 5.82 Å². The van der Waals surface area contributed by atoms with E-state index in [1.807, 2.05) is 0 Å². The zero-order valence-electron chi connectivity index (χ0n) is 8.54. The van der Waals surface area contributed by atoms with Crippen LogP contribution in [0.4, 0.5) is 15.8 Å². The minimum atomic E-state index is -0.683. The van der Waals surface area contributed by atoms with Crippen molar-refractivity contribution < 1.29 is 14.1 Å². The van der Waals surface area contributed by atoms with Crippen LogP contribution in [0.5, 0.6) is 0 Å². The summed E-state index contributed by atoms with van der Waals surface area (Å²) in [6.07, 6.45) is 0.211. The van der Waals surface area contributed by atoms with Crippen molar-refractivity contribution in [2.45, 2.75) is 19.8 Å². The highest BCUT2D eigenvalue weighted by Crippen LogP contribution is 2.34. The lowest BCUT2D eigenvalue weighted by atomic mass is 10.0. The maximum atomic E-state index is 13.8. The van der Waals surface area contributed by atoms with Crippen LogP contribution in [-0.2, 0) is 17.6 Å². The molecule has 1 aromatic rings. The Morgan fingerprint density at radius 3 is 2.88 bits per heavy atom. The zero-order valence-corrected chi connectivity index (χ0v) is 8.54. The van der Waals surface area contributed by atoms with E-state index >= 15 is 0 Å². The number of nitrogens with zero attached hydrogens (tertiary/aromatic N) is 1. The predicted octanol–water partition coefficient (Wildman–Crippen LogP) is 1.79. The standard InChI is InChI=1S/C10H9FN2O3/c1-2-6-7(13(15)16)3-5-4-8(14)12-10(5)9(6)11/h3H,2,4H2,1H3,(H,12,14). The van der Waals surface area contributed by atoms with E-state index in [0.29, 0.717) is 5.56 Å². The van der Waals surface area contributed by atoms with Crippen LogP contribution in [0, 0.1) is 15.9 Å². The quantitative estimate of drug-likeness (QED) is 0.614. The fourth-order valence-corrected chi connectivity index (χ4v) is 1.86. The van der Waals surface area contributed by atoms with Gasteiger partial charge in [-0.2, -0.15) is 0 Å². The van der Waals surface area contributed by atoms with Gasteiger partial charge in [0.1, 0.15) is 0 Å². The van der Waals surface area contributed by atoms with Crippen LogP contribution in [0.15, 0.2) is 6.07 Å². The van der Waals surface area contributed by atoms with Crippen molar-refractivity contribution in [3.8, 4) is 0 Å². The Morgan fingerprint density at radius 1 is 1.62 bits per heavy atom. The Bertz CT molecular complexity index is 499. The summed E-state index contributed by atoms with van der Waals surface area (Å²) in [6, 6.07) is 1.27. The number of nitro groups is 1. The largest absolute Gasteiger partial charge is 0.323 e. The van der Waals surface area contributed by atoms with Crippen LogP contribution < -0.4 is 5.32 Å². The lowest BCUT2D eigenvalue weighted by Gasteiger charge is -2.06. The van der Waals surface area contributed by atoms with Crippen molar-refractivity contribution in [1.82, 2.24) is 0 Å². The highest BCUT2D eigenvalue weighted by molar-refractivity contribution is 5.99. The summed E-state index contributed by atoms with van der Waals surface area (Å²) in [5.41, 5.74) is 0.222. The summed E-state index contributed by atoms with van der Waals surface area (Å²) in [5, 5.41) is 13.1. The molecular formula is C10H9FN2O3. The second-order valence-electron chi connectivity index (χ2n) is 3.56. The summed E-state index contributed by atoms with van der Waals surface area (Å²) in [7, 11) is 0. The number of anilines is 1. The van der Waals surface area contributed by atoms with E-state index in [-0.39, 0.29) is 35.7 Å². The second kappa shape index (κ2) is 3.55. The number of hydrogen-bond donors (Lipinski definition) is 1. The Morgan fingerprint density at radius 2 is 2.31 bits per heavy atom. The van der Waals surface area contributed by atoms with Crippen molar-refractivity contribution in [2.24, 2.45) is 0 Å². The fourth-order valence-electron chi connectivity index (χ4n) is 1.86. The number of rotatable bonds is 2. The molecule has 0 spiro atoms. The van der Waals surface area contributed by atoms with E-state index in [9.17, 15) is 19.3 Å². The number of benzene rings is 1. The molecule has 0 saturated heterocycles. The second-order valence-corrected chi connectivity index (χ2v) is 3.56. The number of nitro benzene ring substituents is 1. The lowest BCUT2D eigenvalue weighted by molar-refractivity contribution is -0.385. The first-order valence-electron chi connectivity index (χ1n) is 4.83. The third kappa shape index (κ3) is 1.42. The molecule has 0 saturated carbocycles. The molecule has 1 amide bonds. The van der Waals surface area contributed by atoms with E-state index in [1.54, 1.807) is 6.92 Å². The summed E-state index contributed by atoms with van der Waals surface area (Å²) < 4.78 is 13.8. The van der Waals surface area contributed by atoms with Crippen LogP contribution in [0.2, 0.25) is 0 Å². The van der Waals surface area contributed by atoms with E-state index < -0.39 is 10.7 Å². The Labute approximate surface area is 90.4 Å². The molecule has 0 aliphatic carbocycles. The molecule has 0 bridgehead atoms. The van der Waals surface area contributed by atoms with Crippen molar-refractivity contribution in [3.63, 3.8) is 0 Å². The average molecular weight is 224 g/mol. The van der Waals surface area contributed by atoms with Gasteiger partial charge in [0, 0.05) is 6.07 Å². The number of nitrogens with one attached hydrogen (secondary N) is 1. The molecule has 0 radical (unpaired) electrons. The predicted molar refractivity (Wildman–Crippen MR) is 54.8 cm³/mol. The lowest BCUT2D eigenvalue weighted by Crippen LogP contribution is -2.05. The number of halogens is 1. The number of carbonyl (C=O) groups excluding carboxylic acids is 1. The van der Waals surface area contributed by atoms with Gasteiger partial charge >= 0.3 is 0 Å². The SMILES string of the molecule is CCc1c([N+](=O)[O-])cc2c(c1F)NC(=O)C2. The molecule has 0 aromatic heterocycles. The summed E-state index contributed by atoms with van der Waals surface area (Å²) in [6.45, 7) is 1.63. The van der Waals surface area contributed by atoms with Gasteiger partial charge < -0.3 is 5.32 Å².